The number of likely N-dealkylation sites (tertiary alicyclic amines) is 1. The van der Waals surface area contributed by atoms with E-state index in [4.69, 9.17) is 0 Å². The van der Waals surface area contributed by atoms with Crippen LogP contribution in [0.5, 0.6) is 0 Å². The van der Waals surface area contributed by atoms with Gasteiger partial charge in [0.1, 0.15) is 5.82 Å². The number of carbonyl (C=O) groups excluding carboxylic acids is 1. The molecule has 0 amide bonds. The molecule has 0 saturated carbocycles. The second kappa shape index (κ2) is 7.53. The summed E-state index contributed by atoms with van der Waals surface area (Å²) in [6, 6.07) is 5.85. The highest BCUT2D eigenvalue weighted by Crippen LogP contribution is 2.19. The first-order valence-electron chi connectivity index (χ1n) is 7.70. The van der Waals surface area contributed by atoms with E-state index in [1.807, 2.05) is 0 Å². The molecule has 0 radical (unpaired) electrons. The lowest BCUT2D eigenvalue weighted by atomic mass is 9.95. The average molecular weight is 277 g/mol. The maximum absolute atomic E-state index is 12.8. The van der Waals surface area contributed by atoms with Crippen LogP contribution < -0.4 is 0 Å². The molecule has 110 valence electrons. The lowest BCUT2D eigenvalue weighted by Gasteiger charge is -2.32. The highest BCUT2D eigenvalue weighted by Gasteiger charge is 2.18. The molecule has 1 fully saturated rings. The van der Waals surface area contributed by atoms with Gasteiger partial charge in [-0.15, -0.1) is 0 Å². The van der Waals surface area contributed by atoms with Crippen molar-refractivity contribution in [2.75, 3.05) is 19.6 Å². The van der Waals surface area contributed by atoms with Crippen LogP contribution in [0.1, 0.15) is 49.4 Å². The van der Waals surface area contributed by atoms with Gasteiger partial charge in [0.25, 0.3) is 0 Å². The topological polar surface area (TPSA) is 20.3 Å². The van der Waals surface area contributed by atoms with Gasteiger partial charge in [-0.3, -0.25) is 4.79 Å². The number of piperidine rings is 1. The Morgan fingerprint density at radius 3 is 2.80 bits per heavy atom. The van der Waals surface area contributed by atoms with Crippen LogP contribution in [0.2, 0.25) is 0 Å². The molecule has 1 aliphatic heterocycles. The molecule has 1 aliphatic rings. The van der Waals surface area contributed by atoms with Gasteiger partial charge in [-0.05, 0) is 62.5 Å². The number of nitrogens with zero attached hydrogens (tertiary/aromatic N) is 1. The Balaban J connectivity index is 1.72. The van der Waals surface area contributed by atoms with E-state index in [-0.39, 0.29) is 11.6 Å². The van der Waals surface area contributed by atoms with Gasteiger partial charge in [-0.2, -0.15) is 0 Å². The maximum atomic E-state index is 12.8. The van der Waals surface area contributed by atoms with Crippen molar-refractivity contribution in [3.8, 4) is 0 Å². The molecule has 3 heteroatoms. The lowest BCUT2D eigenvalue weighted by molar-refractivity contribution is 0.0969. The molecule has 2 rings (SSSR count). The fourth-order valence-electron chi connectivity index (χ4n) is 2.93. The second-order valence-electron chi connectivity index (χ2n) is 5.75. The fraction of sp³-hybridized carbons (Fsp3) is 0.588. The minimum atomic E-state index is -0.291. The standard InChI is InChI=1S/C17H24FNO/c1-2-14-5-3-11-19(13-14)12-4-6-17(20)15-7-9-16(18)10-8-15/h7-10,14H,2-6,11-13H2,1H3. The van der Waals surface area contributed by atoms with Crippen molar-refractivity contribution >= 4 is 5.78 Å². The minimum Gasteiger partial charge on any atom is -0.303 e. The van der Waals surface area contributed by atoms with E-state index < -0.39 is 0 Å². The van der Waals surface area contributed by atoms with Crippen molar-refractivity contribution in [3.05, 3.63) is 35.6 Å². The Morgan fingerprint density at radius 2 is 2.10 bits per heavy atom. The van der Waals surface area contributed by atoms with E-state index in [1.54, 1.807) is 12.1 Å². The van der Waals surface area contributed by atoms with Crippen molar-refractivity contribution in [1.82, 2.24) is 4.90 Å². The summed E-state index contributed by atoms with van der Waals surface area (Å²) < 4.78 is 12.8. The number of Topliss-reactive ketones (excluding diaryl/α,β-unsaturated/α-hetero) is 1. The molecule has 20 heavy (non-hydrogen) atoms. The Kier molecular flexibility index (Phi) is 5.72. The van der Waals surface area contributed by atoms with Crippen molar-refractivity contribution in [2.45, 2.75) is 39.0 Å². The number of benzene rings is 1. The molecule has 0 aliphatic carbocycles. The van der Waals surface area contributed by atoms with Crippen LogP contribution in [0.4, 0.5) is 4.39 Å². The molecule has 1 saturated heterocycles. The number of halogens is 1. The summed E-state index contributed by atoms with van der Waals surface area (Å²) in [4.78, 5) is 14.5. The van der Waals surface area contributed by atoms with Crippen molar-refractivity contribution in [3.63, 3.8) is 0 Å². The molecule has 0 bridgehead atoms. The van der Waals surface area contributed by atoms with Crippen molar-refractivity contribution in [1.29, 1.82) is 0 Å². The van der Waals surface area contributed by atoms with Crippen molar-refractivity contribution < 1.29 is 9.18 Å². The predicted octanol–water partition coefficient (Wildman–Crippen LogP) is 3.91. The van der Waals surface area contributed by atoms with Gasteiger partial charge in [0, 0.05) is 18.5 Å². The van der Waals surface area contributed by atoms with Crippen LogP contribution >= 0.6 is 0 Å². The van der Waals surface area contributed by atoms with E-state index in [0.717, 1.165) is 18.9 Å². The molecular formula is C17H24FNO. The molecule has 1 aromatic carbocycles. The van der Waals surface area contributed by atoms with Gasteiger partial charge in [0.15, 0.2) is 5.78 Å². The number of rotatable bonds is 6. The summed E-state index contributed by atoms with van der Waals surface area (Å²) in [5.41, 5.74) is 0.622. The van der Waals surface area contributed by atoms with E-state index >= 15 is 0 Å². The Morgan fingerprint density at radius 1 is 1.35 bits per heavy atom. The smallest absolute Gasteiger partial charge is 0.162 e. The molecule has 1 unspecified atom stereocenters. The third-order valence-electron chi connectivity index (χ3n) is 4.22. The fourth-order valence-corrected chi connectivity index (χ4v) is 2.93. The summed E-state index contributed by atoms with van der Waals surface area (Å²) in [5, 5.41) is 0. The van der Waals surface area contributed by atoms with Gasteiger partial charge in [0.05, 0.1) is 0 Å². The first kappa shape index (κ1) is 15.2. The van der Waals surface area contributed by atoms with Gasteiger partial charge >= 0.3 is 0 Å². The zero-order chi connectivity index (χ0) is 14.4. The molecule has 0 aromatic heterocycles. The number of hydrogen-bond acceptors (Lipinski definition) is 2. The highest BCUT2D eigenvalue weighted by atomic mass is 19.1. The summed E-state index contributed by atoms with van der Waals surface area (Å²) in [6.45, 7) is 5.61. The van der Waals surface area contributed by atoms with Gasteiger partial charge in [-0.25, -0.2) is 4.39 Å². The quantitative estimate of drug-likeness (QED) is 0.735. The van der Waals surface area contributed by atoms with Crippen LogP contribution in [0, 0.1) is 11.7 Å². The molecular weight excluding hydrogens is 253 g/mol. The largest absolute Gasteiger partial charge is 0.303 e. The number of ketones is 1. The zero-order valence-electron chi connectivity index (χ0n) is 12.3. The van der Waals surface area contributed by atoms with Crippen LogP contribution in [-0.2, 0) is 0 Å². The van der Waals surface area contributed by atoms with Gasteiger partial charge in [-0.1, -0.05) is 13.3 Å². The number of carbonyl (C=O) groups is 1. The van der Waals surface area contributed by atoms with Crippen LogP contribution in [0.3, 0.4) is 0 Å². The summed E-state index contributed by atoms with van der Waals surface area (Å²) >= 11 is 0. The first-order chi connectivity index (χ1) is 9.69. The maximum Gasteiger partial charge on any atom is 0.162 e. The molecule has 2 nitrogen and oxygen atoms in total. The highest BCUT2D eigenvalue weighted by molar-refractivity contribution is 5.95. The van der Waals surface area contributed by atoms with E-state index in [1.165, 1.54) is 44.5 Å². The van der Waals surface area contributed by atoms with Crippen LogP contribution in [0.25, 0.3) is 0 Å². The van der Waals surface area contributed by atoms with Crippen LogP contribution in [-0.4, -0.2) is 30.3 Å². The van der Waals surface area contributed by atoms with Crippen LogP contribution in [0.15, 0.2) is 24.3 Å². The minimum absolute atomic E-state index is 0.119. The molecule has 0 spiro atoms. The molecule has 0 N–H and O–H groups in total. The molecule has 1 aromatic rings. The summed E-state index contributed by atoms with van der Waals surface area (Å²) in [7, 11) is 0. The zero-order valence-corrected chi connectivity index (χ0v) is 12.3. The SMILES string of the molecule is CCC1CCCN(CCCC(=O)c2ccc(F)cc2)C1. The van der Waals surface area contributed by atoms with Crippen molar-refractivity contribution in [2.24, 2.45) is 5.92 Å². The van der Waals surface area contributed by atoms with E-state index in [9.17, 15) is 9.18 Å². The lowest BCUT2D eigenvalue weighted by Crippen LogP contribution is -2.35. The Bertz CT molecular complexity index is 429. The van der Waals surface area contributed by atoms with E-state index in [2.05, 4.69) is 11.8 Å². The normalized spacial score (nSPS) is 20.0. The average Bonchev–Trinajstić information content (AvgIpc) is 2.48. The van der Waals surface area contributed by atoms with Gasteiger partial charge < -0.3 is 4.90 Å². The molecule has 1 atom stereocenters. The third-order valence-corrected chi connectivity index (χ3v) is 4.22. The predicted molar refractivity (Wildman–Crippen MR) is 79.4 cm³/mol. The molecule has 1 heterocycles. The first-order valence-corrected chi connectivity index (χ1v) is 7.70. The third kappa shape index (κ3) is 4.41. The summed E-state index contributed by atoms with van der Waals surface area (Å²) in [5.74, 6) is 0.658. The van der Waals surface area contributed by atoms with E-state index in [0.29, 0.717) is 12.0 Å². The summed E-state index contributed by atoms with van der Waals surface area (Å²) in [6.07, 6.45) is 5.34. The number of hydrogen-bond donors (Lipinski definition) is 0. The Hall–Kier alpha value is -1.22. The second-order valence-corrected chi connectivity index (χ2v) is 5.75. The Labute approximate surface area is 121 Å². The monoisotopic (exact) mass is 277 g/mol. The van der Waals surface area contributed by atoms with Gasteiger partial charge in [0.2, 0.25) is 0 Å².